The lowest BCUT2D eigenvalue weighted by Gasteiger charge is -2.35. The van der Waals surface area contributed by atoms with Gasteiger partial charge in [0.15, 0.2) is 0 Å². The maximum atomic E-state index is 12.9. The highest BCUT2D eigenvalue weighted by molar-refractivity contribution is 5.78. The predicted molar refractivity (Wildman–Crippen MR) is 128 cm³/mol. The lowest BCUT2D eigenvalue weighted by molar-refractivity contribution is -0.133. The van der Waals surface area contributed by atoms with Gasteiger partial charge in [0, 0.05) is 57.8 Å². The van der Waals surface area contributed by atoms with Crippen molar-refractivity contribution in [2.24, 2.45) is 0 Å². The van der Waals surface area contributed by atoms with Crippen molar-refractivity contribution in [1.29, 1.82) is 0 Å². The van der Waals surface area contributed by atoms with E-state index < -0.39 is 0 Å². The molecular weight excluding hydrogens is 420 g/mol. The van der Waals surface area contributed by atoms with Crippen molar-refractivity contribution in [2.75, 3.05) is 40.4 Å². The van der Waals surface area contributed by atoms with Gasteiger partial charge in [0.2, 0.25) is 5.91 Å². The van der Waals surface area contributed by atoms with E-state index in [-0.39, 0.29) is 11.6 Å². The number of fused-ring (bicyclic) bond motifs is 1. The Balaban J connectivity index is 1.35. The lowest BCUT2D eigenvalue weighted by Crippen LogP contribution is -2.48. The summed E-state index contributed by atoms with van der Waals surface area (Å²) >= 11 is 0. The van der Waals surface area contributed by atoms with Crippen molar-refractivity contribution in [3.8, 4) is 11.5 Å². The van der Waals surface area contributed by atoms with Gasteiger partial charge in [-0.3, -0.25) is 18.8 Å². The molecule has 8 heteroatoms. The molecule has 1 amide bonds. The Bertz CT molecular complexity index is 1170. The van der Waals surface area contributed by atoms with Crippen molar-refractivity contribution in [1.82, 2.24) is 18.9 Å². The van der Waals surface area contributed by atoms with Crippen LogP contribution in [0, 0.1) is 0 Å². The summed E-state index contributed by atoms with van der Waals surface area (Å²) in [7, 11) is 3.33. The highest BCUT2D eigenvalue weighted by Gasteiger charge is 2.22. The molecule has 8 nitrogen and oxygen atoms in total. The molecule has 0 atom stereocenters. The van der Waals surface area contributed by atoms with Gasteiger partial charge in [-0.05, 0) is 37.3 Å². The highest BCUT2D eigenvalue weighted by atomic mass is 16.5. The third kappa shape index (κ3) is 4.75. The van der Waals surface area contributed by atoms with Crippen molar-refractivity contribution in [3.05, 3.63) is 58.5 Å². The minimum atomic E-state index is -0.0523. The number of benzene rings is 2. The molecule has 176 valence electrons. The van der Waals surface area contributed by atoms with E-state index in [9.17, 15) is 9.59 Å². The summed E-state index contributed by atoms with van der Waals surface area (Å²) in [5, 5.41) is 0. The van der Waals surface area contributed by atoms with Crippen molar-refractivity contribution in [2.45, 2.75) is 33.0 Å². The molecule has 33 heavy (non-hydrogen) atoms. The number of aromatic nitrogens is 2. The van der Waals surface area contributed by atoms with Crippen molar-refractivity contribution in [3.63, 3.8) is 0 Å². The lowest BCUT2D eigenvalue weighted by atomic mass is 10.1. The van der Waals surface area contributed by atoms with Gasteiger partial charge >= 0.3 is 5.69 Å². The van der Waals surface area contributed by atoms with E-state index in [2.05, 4.69) is 4.90 Å². The number of carbonyl (C=O) groups excluding carboxylic acids is 1. The van der Waals surface area contributed by atoms with E-state index >= 15 is 0 Å². The summed E-state index contributed by atoms with van der Waals surface area (Å²) in [6.45, 7) is 6.65. The molecule has 0 bridgehead atoms. The highest BCUT2D eigenvalue weighted by Crippen LogP contribution is 2.25. The van der Waals surface area contributed by atoms with Crippen molar-refractivity contribution < 1.29 is 14.3 Å². The van der Waals surface area contributed by atoms with Crippen LogP contribution in [0.4, 0.5) is 0 Å². The number of rotatable bonds is 8. The molecular formula is C25H32N4O4. The standard InChI is InChI=1S/C25H32N4O4/c1-4-28-21-7-5-6-8-22(21)29(25(28)31)12-11-24(30)27-15-13-26(14-16-27)18-19-17-20(32-2)9-10-23(19)33-3/h5-10,17H,4,11-16,18H2,1-3H3. The second-order valence-corrected chi connectivity index (χ2v) is 8.25. The zero-order valence-electron chi connectivity index (χ0n) is 19.6. The molecule has 1 saturated heterocycles. The van der Waals surface area contributed by atoms with E-state index in [1.165, 1.54) is 0 Å². The first-order valence-corrected chi connectivity index (χ1v) is 11.4. The number of amides is 1. The Labute approximate surface area is 193 Å². The van der Waals surface area contributed by atoms with Gasteiger partial charge in [-0.2, -0.15) is 0 Å². The second kappa shape index (κ2) is 10.1. The smallest absolute Gasteiger partial charge is 0.329 e. The van der Waals surface area contributed by atoms with Crippen LogP contribution >= 0.6 is 0 Å². The van der Waals surface area contributed by atoms with Gasteiger partial charge in [-0.25, -0.2) is 4.79 Å². The molecule has 2 aromatic carbocycles. The summed E-state index contributed by atoms with van der Waals surface area (Å²) in [4.78, 5) is 29.9. The maximum Gasteiger partial charge on any atom is 0.329 e. The number of piperazine rings is 1. The van der Waals surface area contributed by atoms with Crippen LogP contribution in [0.25, 0.3) is 11.0 Å². The number of carbonyl (C=O) groups is 1. The minimum Gasteiger partial charge on any atom is -0.497 e. The van der Waals surface area contributed by atoms with Gasteiger partial charge in [0.25, 0.3) is 0 Å². The molecule has 1 aliphatic heterocycles. The number of para-hydroxylation sites is 2. The Hall–Kier alpha value is -3.26. The van der Waals surface area contributed by atoms with Crippen LogP contribution in [-0.2, 0) is 24.4 Å². The van der Waals surface area contributed by atoms with Crippen LogP contribution in [0.2, 0.25) is 0 Å². The summed E-state index contributed by atoms with van der Waals surface area (Å²) in [6.07, 6.45) is 0.321. The molecule has 4 rings (SSSR count). The molecule has 0 N–H and O–H groups in total. The Morgan fingerprint density at radius 2 is 1.64 bits per heavy atom. The number of methoxy groups -OCH3 is 2. The fraction of sp³-hybridized carbons (Fsp3) is 0.440. The molecule has 0 unspecified atom stereocenters. The van der Waals surface area contributed by atoms with Gasteiger partial charge in [-0.1, -0.05) is 12.1 Å². The quantitative estimate of drug-likeness (QED) is 0.526. The number of aryl methyl sites for hydroxylation is 2. The van der Waals surface area contributed by atoms with Crippen LogP contribution in [-0.4, -0.2) is 65.2 Å². The van der Waals surface area contributed by atoms with Crippen LogP contribution in [0.3, 0.4) is 0 Å². The maximum absolute atomic E-state index is 12.9. The van der Waals surface area contributed by atoms with Gasteiger partial charge in [0.1, 0.15) is 11.5 Å². The van der Waals surface area contributed by atoms with Crippen LogP contribution in [0.15, 0.2) is 47.3 Å². The predicted octanol–water partition coefficient (Wildman–Crippen LogP) is 2.57. The molecule has 1 fully saturated rings. The molecule has 2 heterocycles. The van der Waals surface area contributed by atoms with Gasteiger partial charge in [0.05, 0.1) is 25.3 Å². The third-order valence-corrected chi connectivity index (χ3v) is 6.40. The van der Waals surface area contributed by atoms with E-state index in [1.54, 1.807) is 23.4 Å². The molecule has 0 spiro atoms. The average Bonchev–Trinajstić information content (AvgIpc) is 3.13. The van der Waals surface area contributed by atoms with Crippen LogP contribution in [0.1, 0.15) is 18.9 Å². The number of imidazole rings is 1. The molecule has 1 aromatic heterocycles. The third-order valence-electron chi connectivity index (χ3n) is 6.40. The van der Waals surface area contributed by atoms with Crippen molar-refractivity contribution >= 4 is 16.9 Å². The summed E-state index contributed by atoms with van der Waals surface area (Å²) < 4.78 is 14.3. The first-order chi connectivity index (χ1) is 16.0. The largest absolute Gasteiger partial charge is 0.497 e. The van der Waals surface area contributed by atoms with E-state index in [0.717, 1.165) is 47.7 Å². The fourth-order valence-corrected chi connectivity index (χ4v) is 4.56. The topological polar surface area (TPSA) is 68.9 Å². The Morgan fingerprint density at radius 3 is 2.27 bits per heavy atom. The van der Waals surface area contributed by atoms with Crippen LogP contribution < -0.4 is 15.2 Å². The van der Waals surface area contributed by atoms with Gasteiger partial charge < -0.3 is 14.4 Å². The molecule has 0 aliphatic carbocycles. The van der Waals surface area contributed by atoms with Gasteiger partial charge in [-0.15, -0.1) is 0 Å². The number of hydrogen-bond acceptors (Lipinski definition) is 5. The first kappa shape index (κ1) is 22.9. The number of nitrogens with zero attached hydrogens (tertiary/aromatic N) is 4. The summed E-state index contributed by atoms with van der Waals surface area (Å²) in [5.41, 5.74) is 2.82. The zero-order valence-corrected chi connectivity index (χ0v) is 19.6. The Morgan fingerprint density at radius 1 is 0.939 bits per heavy atom. The summed E-state index contributed by atoms with van der Waals surface area (Å²) in [5.74, 6) is 1.74. The number of ether oxygens (including phenoxy) is 2. The average molecular weight is 453 g/mol. The molecule has 1 aliphatic rings. The SMILES string of the molecule is CCn1c(=O)n(CCC(=O)N2CCN(Cc3cc(OC)ccc3OC)CC2)c2ccccc21. The van der Waals surface area contributed by atoms with Crippen LogP contribution in [0.5, 0.6) is 11.5 Å². The summed E-state index contributed by atoms with van der Waals surface area (Å²) in [6, 6.07) is 13.6. The molecule has 0 saturated carbocycles. The minimum absolute atomic E-state index is 0.0523. The number of hydrogen-bond donors (Lipinski definition) is 0. The molecule has 3 aromatic rings. The second-order valence-electron chi connectivity index (χ2n) is 8.25. The van der Waals surface area contributed by atoms with E-state index in [1.807, 2.05) is 54.3 Å². The first-order valence-electron chi connectivity index (χ1n) is 11.4. The zero-order chi connectivity index (χ0) is 23.4. The van der Waals surface area contributed by atoms with E-state index in [0.29, 0.717) is 32.6 Å². The fourth-order valence-electron chi connectivity index (χ4n) is 4.56. The van der Waals surface area contributed by atoms with E-state index in [4.69, 9.17) is 9.47 Å². The monoisotopic (exact) mass is 452 g/mol. The normalized spacial score (nSPS) is 14.6. The Kier molecular flexibility index (Phi) is 7.03. The molecule has 0 radical (unpaired) electrons.